The molecule has 1 amide bonds. The number of aryl methyl sites for hydroxylation is 1. The van der Waals surface area contributed by atoms with Gasteiger partial charge in [-0.1, -0.05) is 30.7 Å². The predicted molar refractivity (Wildman–Crippen MR) is 93.3 cm³/mol. The van der Waals surface area contributed by atoms with Crippen LogP contribution >= 0.6 is 22.9 Å². The second-order valence-electron chi connectivity index (χ2n) is 5.01. The summed E-state index contributed by atoms with van der Waals surface area (Å²) in [6, 6.07) is 9.35. The number of nitrogens with one attached hydrogen (secondary N) is 1. The number of aromatic nitrogens is 3. The van der Waals surface area contributed by atoms with Crippen molar-refractivity contribution in [2.45, 2.75) is 20.3 Å². The lowest BCUT2D eigenvalue weighted by Gasteiger charge is -2.04. The fourth-order valence-corrected chi connectivity index (χ4v) is 3.00. The molecule has 7 heteroatoms. The zero-order valence-corrected chi connectivity index (χ0v) is 14.3. The molecule has 0 aliphatic carbocycles. The molecule has 1 N–H and O–H groups in total. The van der Waals surface area contributed by atoms with Crippen LogP contribution in [0.3, 0.4) is 0 Å². The Labute approximate surface area is 142 Å². The van der Waals surface area contributed by atoms with Crippen LogP contribution in [0, 0.1) is 6.92 Å². The van der Waals surface area contributed by atoms with Crippen molar-refractivity contribution in [1.82, 2.24) is 14.8 Å². The van der Waals surface area contributed by atoms with E-state index in [1.165, 1.54) is 11.3 Å². The van der Waals surface area contributed by atoms with E-state index in [1.807, 2.05) is 49.6 Å². The van der Waals surface area contributed by atoms with Crippen LogP contribution in [0.2, 0.25) is 5.02 Å². The average Bonchev–Trinajstić information content (AvgIpc) is 3.14. The van der Waals surface area contributed by atoms with E-state index in [1.54, 1.807) is 4.68 Å². The third-order valence-electron chi connectivity index (χ3n) is 3.23. The van der Waals surface area contributed by atoms with Crippen molar-refractivity contribution in [3.05, 3.63) is 46.4 Å². The molecule has 0 saturated heterocycles. The van der Waals surface area contributed by atoms with Gasteiger partial charge in [-0.05, 0) is 19.1 Å². The molecule has 0 atom stereocenters. The highest BCUT2D eigenvalue weighted by Crippen LogP contribution is 2.27. The minimum absolute atomic E-state index is 0.0550. The number of thiazole rings is 1. The van der Waals surface area contributed by atoms with Gasteiger partial charge in [0.15, 0.2) is 0 Å². The molecule has 118 valence electrons. The molecule has 2 aromatic heterocycles. The molecule has 5 nitrogen and oxygen atoms in total. The van der Waals surface area contributed by atoms with E-state index in [9.17, 15) is 4.79 Å². The summed E-state index contributed by atoms with van der Waals surface area (Å²) in [7, 11) is 0. The quantitative estimate of drug-likeness (QED) is 0.765. The largest absolute Gasteiger partial charge is 0.311 e. The number of carbonyl (C=O) groups is 1. The van der Waals surface area contributed by atoms with Gasteiger partial charge in [0, 0.05) is 28.5 Å². The Kier molecular flexibility index (Phi) is 4.45. The van der Waals surface area contributed by atoms with E-state index >= 15 is 0 Å². The van der Waals surface area contributed by atoms with Crippen LogP contribution in [0.15, 0.2) is 35.7 Å². The van der Waals surface area contributed by atoms with Crippen molar-refractivity contribution in [3.8, 4) is 16.4 Å². The van der Waals surface area contributed by atoms with Crippen LogP contribution in [0.1, 0.15) is 19.0 Å². The van der Waals surface area contributed by atoms with Crippen molar-refractivity contribution in [1.29, 1.82) is 0 Å². The first-order chi connectivity index (χ1) is 11.1. The van der Waals surface area contributed by atoms with E-state index in [2.05, 4.69) is 15.4 Å². The van der Waals surface area contributed by atoms with Gasteiger partial charge in [-0.2, -0.15) is 9.78 Å². The van der Waals surface area contributed by atoms with Gasteiger partial charge in [-0.3, -0.25) is 4.79 Å². The monoisotopic (exact) mass is 346 g/mol. The smallest absolute Gasteiger partial charge is 0.225 e. The van der Waals surface area contributed by atoms with Gasteiger partial charge in [0.25, 0.3) is 0 Å². The molecule has 2 heterocycles. The lowest BCUT2D eigenvalue weighted by atomic mass is 10.2. The molecular weight excluding hydrogens is 332 g/mol. The summed E-state index contributed by atoms with van der Waals surface area (Å²) in [5, 5.41) is 10.6. The third-order valence-corrected chi connectivity index (χ3v) is 4.30. The summed E-state index contributed by atoms with van der Waals surface area (Å²) in [5.41, 5.74) is 2.65. The van der Waals surface area contributed by atoms with Gasteiger partial charge < -0.3 is 5.32 Å². The van der Waals surface area contributed by atoms with Crippen LogP contribution in [0.5, 0.6) is 0 Å². The van der Waals surface area contributed by atoms with Crippen molar-refractivity contribution >= 4 is 34.7 Å². The standard InChI is InChI=1S/C16H15ClN4OS/c1-3-15(22)19-14-8-10(2)20-21(14)16-18-13(9-23-16)11-4-6-12(17)7-5-11/h4-9H,3H2,1-2H3,(H,19,22). The number of hydrogen-bond donors (Lipinski definition) is 1. The fraction of sp³-hybridized carbons (Fsp3) is 0.188. The highest BCUT2D eigenvalue weighted by Gasteiger charge is 2.13. The molecule has 1 aromatic carbocycles. The van der Waals surface area contributed by atoms with Crippen LogP contribution < -0.4 is 5.32 Å². The predicted octanol–water partition coefficient (Wildman–Crippen LogP) is 4.31. The summed E-state index contributed by atoms with van der Waals surface area (Å²) in [5.74, 6) is 0.576. The molecule has 0 radical (unpaired) electrons. The Hall–Kier alpha value is -2.18. The molecule has 0 aliphatic rings. The Morgan fingerprint density at radius 3 is 2.78 bits per heavy atom. The maximum atomic E-state index is 11.7. The Bertz CT molecular complexity index is 838. The lowest BCUT2D eigenvalue weighted by molar-refractivity contribution is -0.115. The van der Waals surface area contributed by atoms with E-state index < -0.39 is 0 Å². The maximum absolute atomic E-state index is 11.7. The molecule has 3 rings (SSSR count). The van der Waals surface area contributed by atoms with E-state index in [0.29, 0.717) is 22.4 Å². The Morgan fingerprint density at radius 1 is 1.35 bits per heavy atom. The summed E-state index contributed by atoms with van der Waals surface area (Å²) in [6.07, 6.45) is 0.415. The summed E-state index contributed by atoms with van der Waals surface area (Å²) < 4.78 is 1.66. The molecule has 0 spiro atoms. The van der Waals surface area contributed by atoms with Gasteiger partial charge in [0.2, 0.25) is 11.0 Å². The number of anilines is 1. The number of halogens is 1. The topological polar surface area (TPSA) is 59.8 Å². The first kappa shape index (κ1) is 15.7. The van der Waals surface area contributed by atoms with Gasteiger partial charge >= 0.3 is 0 Å². The van der Waals surface area contributed by atoms with Gasteiger partial charge in [-0.15, -0.1) is 11.3 Å². The number of benzene rings is 1. The van der Waals surface area contributed by atoms with Crippen LogP contribution in [-0.4, -0.2) is 20.7 Å². The summed E-state index contributed by atoms with van der Waals surface area (Å²) in [6.45, 7) is 3.69. The van der Waals surface area contributed by atoms with Crippen molar-refractivity contribution < 1.29 is 4.79 Å². The minimum Gasteiger partial charge on any atom is -0.311 e. The third kappa shape index (κ3) is 3.43. The Morgan fingerprint density at radius 2 is 2.09 bits per heavy atom. The SMILES string of the molecule is CCC(=O)Nc1cc(C)nn1-c1nc(-c2ccc(Cl)cc2)cs1. The number of hydrogen-bond acceptors (Lipinski definition) is 4. The summed E-state index contributed by atoms with van der Waals surface area (Å²) in [4.78, 5) is 16.3. The molecule has 0 saturated carbocycles. The van der Waals surface area contributed by atoms with Crippen LogP contribution in [0.4, 0.5) is 5.82 Å². The lowest BCUT2D eigenvalue weighted by Crippen LogP contribution is -2.13. The molecule has 0 fully saturated rings. The average molecular weight is 347 g/mol. The van der Waals surface area contributed by atoms with Crippen LogP contribution in [-0.2, 0) is 4.79 Å². The van der Waals surface area contributed by atoms with Crippen molar-refractivity contribution in [2.24, 2.45) is 0 Å². The molecule has 23 heavy (non-hydrogen) atoms. The zero-order valence-electron chi connectivity index (χ0n) is 12.7. The second-order valence-corrected chi connectivity index (χ2v) is 6.28. The number of amides is 1. The second kappa shape index (κ2) is 6.52. The molecule has 0 bridgehead atoms. The number of rotatable bonds is 4. The highest BCUT2D eigenvalue weighted by atomic mass is 35.5. The van der Waals surface area contributed by atoms with Crippen molar-refractivity contribution in [2.75, 3.05) is 5.32 Å². The minimum atomic E-state index is -0.0550. The van der Waals surface area contributed by atoms with E-state index in [4.69, 9.17) is 11.6 Å². The number of nitrogens with zero attached hydrogens (tertiary/aromatic N) is 3. The Balaban J connectivity index is 1.94. The normalized spacial score (nSPS) is 10.7. The van der Waals surface area contributed by atoms with E-state index in [0.717, 1.165) is 17.0 Å². The fourth-order valence-electron chi connectivity index (χ4n) is 2.08. The zero-order chi connectivity index (χ0) is 16.4. The first-order valence-electron chi connectivity index (χ1n) is 7.15. The highest BCUT2D eigenvalue weighted by molar-refractivity contribution is 7.12. The van der Waals surface area contributed by atoms with Crippen LogP contribution in [0.25, 0.3) is 16.4 Å². The molecule has 0 unspecified atom stereocenters. The summed E-state index contributed by atoms with van der Waals surface area (Å²) >= 11 is 7.38. The first-order valence-corrected chi connectivity index (χ1v) is 8.41. The van der Waals surface area contributed by atoms with Gasteiger partial charge in [0.05, 0.1) is 11.4 Å². The number of carbonyl (C=O) groups excluding carboxylic acids is 1. The molecular formula is C16H15ClN4OS. The molecule has 3 aromatic rings. The van der Waals surface area contributed by atoms with E-state index in [-0.39, 0.29) is 5.91 Å². The molecule has 0 aliphatic heterocycles. The van der Waals surface area contributed by atoms with Crippen molar-refractivity contribution in [3.63, 3.8) is 0 Å². The van der Waals surface area contributed by atoms with Gasteiger partial charge in [-0.25, -0.2) is 4.98 Å². The van der Waals surface area contributed by atoms with Gasteiger partial charge in [0.1, 0.15) is 5.82 Å². The maximum Gasteiger partial charge on any atom is 0.225 e.